The molecule has 4 rings (SSSR count). The minimum atomic E-state index is 0.570. The van der Waals surface area contributed by atoms with Crippen LogP contribution in [0.3, 0.4) is 0 Å². The number of benzene rings is 2. The molecule has 0 saturated carbocycles. The van der Waals surface area contributed by atoms with Gasteiger partial charge in [-0.05, 0) is 93.5 Å². The Kier molecular flexibility index (Phi) is 8.79. The predicted octanol–water partition coefficient (Wildman–Crippen LogP) is 6.38. The van der Waals surface area contributed by atoms with Crippen LogP contribution in [0.25, 0.3) is 16.9 Å². The van der Waals surface area contributed by atoms with Gasteiger partial charge in [0, 0.05) is 23.5 Å². The minimum Gasteiger partial charge on any atom is -0.493 e. The second-order valence-corrected chi connectivity index (χ2v) is 8.96. The molecule has 2 N–H and O–H groups in total. The zero-order chi connectivity index (χ0) is 25.3. The number of hydrogen-bond donors (Lipinski definition) is 2. The van der Waals surface area contributed by atoms with Gasteiger partial charge in [-0.3, -0.25) is 0 Å². The van der Waals surface area contributed by atoms with Crippen LogP contribution in [0.5, 0.6) is 5.75 Å². The van der Waals surface area contributed by atoms with Gasteiger partial charge in [0.1, 0.15) is 5.75 Å². The van der Waals surface area contributed by atoms with E-state index >= 15 is 0 Å². The maximum Gasteiger partial charge on any atom is 0.247 e. The highest BCUT2D eigenvalue weighted by Crippen LogP contribution is 2.27. The highest BCUT2D eigenvalue weighted by atomic mass is 16.5. The van der Waals surface area contributed by atoms with Gasteiger partial charge in [-0.25, -0.2) is 4.52 Å². The molecule has 2 aromatic carbocycles. The summed E-state index contributed by atoms with van der Waals surface area (Å²) >= 11 is 0. The van der Waals surface area contributed by atoms with E-state index in [1.165, 1.54) is 0 Å². The van der Waals surface area contributed by atoms with Crippen molar-refractivity contribution in [3.05, 3.63) is 66.2 Å². The summed E-state index contributed by atoms with van der Waals surface area (Å²) in [5.41, 5.74) is 6.01. The van der Waals surface area contributed by atoms with Gasteiger partial charge in [0.05, 0.1) is 12.3 Å². The van der Waals surface area contributed by atoms with E-state index < -0.39 is 0 Å². The molecule has 2 heterocycles. The number of nitrogens with one attached hydrogen (secondary N) is 2. The Hall–Kier alpha value is -3.58. The van der Waals surface area contributed by atoms with Crippen molar-refractivity contribution in [2.45, 2.75) is 40.5 Å². The number of nitrogens with zero attached hydrogens (tertiary/aromatic N) is 4. The Bertz CT molecular complexity index is 1260. The smallest absolute Gasteiger partial charge is 0.247 e. The summed E-state index contributed by atoms with van der Waals surface area (Å²) < 4.78 is 7.73. The molecule has 0 radical (unpaired) electrons. The lowest BCUT2D eigenvalue weighted by Crippen LogP contribution is -2.25. The Morgan fingerprint density at radius 3 is 2.53 bits per heavy atom. The molecule has 0 unspecified atom stereocenters. The van der Waals surface area contributed by atoms with Crippen LogP contribution in [0.1, 0.15) is 39.2 Å². The first-order valence-electron chi connectivity index (χ1n) is 13.0. The number of fused-ring (bicyclic) bond motifs is 1. The van der Waals surface area contributed by atoms with Crippen molar-refractivity contribution in [1.82, 2.24) is 19.5 Å². The van der Waals surface area contributed by atoms with Gasteiger partial charge >= 0.3 is 0 Å². The average Bonchev–Trinajstić information content (AvgIpc) is 3.31. The van der Waals surface area contributed by atoms with Crippen LogP contribution in [0.2, 0.25) is 0 Å². The summed E-state index contributed by atoms with van der Waals surface area (Å²) in [6, 6.07) is 20.6. The van der Waals surface area contributed by atoms with Crippen molar-refractivity contribution in [3.8, 4) is 17.0 Å². The monoisotopic (exact) mass is 486 g/mol. The lowest BCUT2D eigenvalue weighted by atomic mass is 10.1. The van der Waals surface area contributed by atoms with E-state index in [-0.39, 0.29) is 0 Å². The molecule has 7 nitrogen and oxygen atoms in total. The normalized spacial score (nSPS) is 11.2. The highest BCUT2D eigenvalue weighted by molar-refractivity contribution is 5.67. The molecule has 0 bridgehead atoms. The van der Waals surface area contributed by atoms with Crippen molar-refractivity contribution in [2.24, 2.45) is 0 Å². The number of aromatic nitrogens is 3. The number of anilines is 3. The maximum atomic E-state index is 5.84. The second-order valence-electron chi connectivity index (χ2n) is 8.96. The van der Waals surface area contributed by atoms with E-state index in [0.29, 0.717) is 5.95 Å². The average molecular weight is 487 g/mol. The van der Waals surface area contributed by atoms with Crippen LogP contribution in [0.15, 0.2) is 60.7 Å². The first kappa shape index (κ1) is 25.5. The second kappa shape index (κ2) is 12.4. The molecule has 2 aromatic heterocycles. The Labute approximate surface area is 214 Å². The van der Waals surface area contributed by atoms with Crippen LogP contribution < -0.4 is 15.4 Å². The van der Waals surface area contributed by atoms with Crippen LogP contribution in [-0.2, 0) is 0 Å². The van der Waals surface area contributed by atoms with E-state index in [9.17, 15) is 0 Å². The first-order chi connectivity index (χ1) is 17.6. The van der Waals surface area contributed by atoms with Gasteiger partial charge in [-0.15, -0.1) is 5.10 Å². The van der Waals surface area contributed by atoms with Crippen molar-refractivity contribution < 1.29 is 4.74 Å². The van der Waals surface area contributed by atoms with Crippen molar-refractivity contribution in [2.75, 3.05) is 43.4 Å². The van der Waals surface area contributed by atoms with Gasteiger partial charge in [-0.1, -0.05) is 32.9 Å². The maximum absolute atomic E-state index is 5.84. The molecule has 0 fully saturated rings. The van der Waals surface area contributed by atoms with Crippen LogP contribution >= 0.6 is 0 Å². The molecule has 0 aliphatic carbocycles. The quantitative estimate of drug-likeness (QED) is 0.214. The molecule has 0 spiro atoms. The topological polar surface area (TPSA) is 66.7 Å². The van der Waals surface area contributed by atoms with Gasteiger partial charge in [0.15, 0.2) is 5.65 Å². The summed E-state index contributed by atoms with van der Waals surface area (Å²) in [7, 11) is 0. The molecule has 0 saturated heterocycles. The van der Waals surface area contributed by atoms with E-state index in [2.05, 4.69) is 73.6 Å². The number of ether oxygens (including phenoxy) is 1. The molecule has 0 aliphatic heterocycles. The molecule has 0 aliphatic rings. The van der Waals surface area contributed by atoms with Crippen molar-refractivity contribution >= 4 is 23.0 Å². The molecule has 36 heavy (non-hydrogen) atoms. The number of aryl methyl sites for hydroxylation is 1. The fraction of sp³-hybridized carbons (Fsp3) is 0.379. The molecule has 190 valence electrons. The Morgan fingerprint density at radius 1 is 0.944 bits per heavy atom. The number of hydrogen-bond acceptors (Lipinski definition) is 6. The Morgan fingerprint density at radius 2 is 1.75 bits per heavy atom. The molecule has 7 heteroatoms. The molecule has 0 atom stereocenters. The fourth-order valence-electron chi connectivity index (χ4n) is 4.27. The summed E-state index contributed by atoms with van der Waals surface area (Å²) in [6.45, 7) is 13.6. The largest absolute Gasteiger partial charge is 0.493 e. The SMILES string of the molecule is CCCOc1ccc(-c2cccc3nc(Nc4cccc(NCCCN(CC)CC)c4)nn23)cc1C. The van der Waals surface area contributed by atoms with E-state index in [1.807, 2.05) is 34.8 Å². The van der Waals surface area contributed by atoms with E-state index in [4.69, 9.17) is 14.8 Å². The van der Waals surface area contributed by atoms with Gasteiger partial charge in [0.25, 0.3) is 0 Å². The van der Waals surface area contributed by atoms with Crippen LogP contribution in [0, 0.1) is 6.92 Å². The summed E-state index contributed by atoms with van der Waals surface area (Å²) in [4.78, 5) is 7.15. The predicted molar refractivity (Wildman–Crippen MR) is 150 cm³/mol. The van der Waals surface area contributed by atoms with Crippen LogP contribution in [0.4, 0.5) is 17.3 Å². The first-order valence-corrected chi connectivity index (χ1v) is 13.0. The fourth-order valence-corrected chi connectivity index (χ4v) is 4.27. The number of pyridine rings is 1. The lowest BCUT2D eigenvalue weighted by molar-refractivity contribution is 0.303. The van der Waals surface area contributed by atoms with E-state index in [1.54, 1.807) is 0 Å². The zero-order valence-corrected chi connectivity index (χ0v) is 21.9. The molecular formula is C29H38N6O. The Balaban J connectivity index is 1.46. The zero-order valence-electron chi connectivity index (χ0n) is 21.9. The minimum absolute atomic E-state index is 0.570. The summed E-state index contributed by atoms with van der Waals surface area (Å²) in [6.07, 6.45) is 2.10. The number of rotatable bonds is 13. The van der Waals surface area contributed by atoms with Crippen LogP contribution in [-0.4, -0.2) is 52.3 Å². The highest BCUT2D eigenvalue weighted by Gasteiger charge is 2.11. The van der Waals surface area contributed by atoms with Gasteiger partial charge in [0.2, 0.25) is 5.95 Å². The molecular weight excluding hydrogens is 448 g/mol. The third kappa shape index (κ3) is 6.34. The molecule has 0 amide bonds. The van der Waals surface area contributed by atoms with E-state index in [0.717, 1.165) is 85.2 Å². The third-order valence-corrected chi connectivity index (χ3v) is 6.29. The summed E-state index contributed by atoms with van der Waals surface area (Å²) in [5.74, 6) is 1.50. The summed E-state index contributed by atoms with van der Waals surface area (Å²) in [5, 5.41) is 11.7. The van der Waals surface area contributed by atoms with Gasteiger partial charge < -0.3 is 20.3 Å². The standard InChI is InChI=1S/C29H38N6O/c1-5-19-36-27-16-15-23(20-22(27)4)26-13-9-14-28-32-29(33-35(26)28)31-25-12-8-11-24(21-25)30-17-10-18-34(6-2)7-3/h8-9,11-16,20-21,30H,5-7,10,17-19H2,1-4H3,(H,31,33). The lowest BCUT2D eigenvalue weighted by Gasteiger charge is -2.18. The van der Waals surface area contributed by atoms with Crippen molar-refractivity contribution in [1.29, 1.82) is 0 Å². The van der Waals surface area contributed by atoms with Crippen molar-refractivity contribution in [3.63, 3.8) is 0 Å². The van der Waals surface area contributed by atoms with Gasteiger partial charge in [-0.2, -0.15) is 4.98 Å². The molecule has 4 aromatic rings. The third-order valence-electron chi connectivity index (χ3n) is 6.29.